The summed E-state index contributed by atoms with van der Waals surface area (Å²) in [5.74, 6) is 0.223. The maximum atomic E-state index is 11.8. The van der Waals surface area contributed by atoms with E-state index in [-0.39, 0.29) is 17.1 Å². The van der Waals surface area contributed by atoms with Crippen molar-refractivity contribution >= 4 is 11.7 Å². The van der Waals surface area contributed by atoms with Crippen LogP contribution in [0.3, 0.4) is 0 Å². The Kier molecular flexibility index (Phi) is 17.4. The Labute approximate surface area is 171 Å². The Morgan fingerprint density at radius 2 is 1.32 bits per heavy atom. The van der Waals surface area contributed by atoms with Crippen molar-refractivity contribution in [3.05, 3.63) is 0 Å². The molecular formula is C21H42N2O5. The summed E-state index contributed by atoms with van der Waals surface area (Å²) in [5.41, 5.74) is 5.06. The van der Waals surface area contributed by atoms with Crippen LogP contribution in [-0.2, 0) is 23.8 Å². The molecule has 28 heavy (non-hydrogen) atoms. The lowest BCUT2D eigenvalue weighted by Crippen LogP contribution is -2.25. The van der Waals surface area contributed by atoms with E-state index in [2.05, 4.69) is 5.32 Å². The van der Waals surface area contributed by atoms with Gasteiger partial charge in [0.1, 0.15) is 5.78 Å². The number of rotatable bonds is 19. The number of nitrogens with two attached hydrogens (primary N) is 1. The third-order valence-electron chi connectivity index (χ3n) is 4.12. The third-order valence-corrected chi connectivity index (χ3v) is 4.12. The van der Waals surface area contributed by atoms with Crippen LogP contribution >= 0.6 is 0 Å². The van der Waals surface area contributed by atoms with Gasteiger partial charge < -0.3 is 25.3 Å². The molecule has 166 valence electrons. The van der Waals surface area contributed by atoms with Crippen molar-refractivity contribution < 1.29 is 23.8 Å². The number of hydrogen-bond donors (Lipinski definition) is 2. The van der Waals surface area contributed by atoms with Crippen LogP contribution in [0.1, 0.15) is 65.7 Å². The first-order valence-electron chi connectivity index (χ1n) is 10.6. The van der Waals surface area contributed by atoms with E-state index in [1.165, 1.54) is 0 Å². The van der Waals surface area contributed by atoms with Gasteiger partial charge in [0.15, 0.2) is 0 Å². The molecule has 0 aliphatic carbocycles. The molecule has 0 radical (unpaired) electrons. The van der Waals surface area contributed by atoms with Crippen molar-refractivity contribution in [3.8, 4) is 0 Å². The van der Waals surface area contributed by atoms with Gasteiger partial charge >= 0.3 is 0 Å². The minimum absolute atomic E-state index is 0.0167. The van der Waals surface area contributed by atoms with E-state index in [1.807, 2.05) is 20.8 Å². The molecule has 3 N–H and O–H groups in total. The molecular weight excluding hydrogens is 360 g/mol. The van der Waals surface area contributed by atoms with Crippen LogP contribution in [0.4, 0.5) is 0 Å². The second-order valence-electron chi connectivity index (χ2n) is 7.92. The first-order valence-corrected chi connectivity index (χ1v) is 10.6. The number of ketones is 1. The molecule has 0 aromatic carbocycles. The molecule has 7 nitrogen and oxygen atoms in total. The second kappa shape index (κ2) is 18.0. The predicted molar refractivity (Wildman–Crippen MR) is 111 cm³/mol. The Morgan fingerprint density at radius 3 is 1.93 bits per heavy atom. The second-order valence-corrected chi connectivity index (χ2v) is 7.92. The maximum absolute atomic E-state index is 11.8. The number of hydrogen-bond acceptors (Lipinski definition) is 6. The number of carbonyl (C=O) groups excluding carboxylic acids is 2. The molecule has 0 fully saturated rings. The average Bonchev–Trinajstić information content (AvgIpc) is 2.64. The third kappa shape index (κ3) is 18.3. The Bertz CT molecular complexity index is 397. The van der Waals surface area contributed by atoms with Crippen LogP contribution in [0.2, 0.25) is 0 Å². The van der Waals surface area contributed by atoms with Gasteiger partial charge in [0, 0.05) is 51.2 Å². The zero-order valence-corrected chi connectivity index (χ0v) is 18.2. The first kappa shape index (κ1) is 27.0. The largest absolute Gasteiger partial charge is 0.381 e. The van der Waals surface area contributed by atoms with Crippen molar-refractivity contribution in [2.75, 3.05) is 52.7 Å². The van der Waals surface area contributed by atoms with Gasteiger partial charge in [0.05, 0.1) is 13.2 Å². The smallest absolute Gasteiger partial charge is 0.220 e. The van der Waals surface area contributed by atoms with Gasteiger partial charge in [-0.15, -0.1) is 0 Å². The van der Waals surface area contributed by atoms with Crippen LogP contribution in [-0.4, -0.2) is 64.4 Å². The molecule has 0 atom stereocenters. The van der Waals surface area contributed by atoms with Crippen LogP contribution in [0.25, 0.3) is 0 Å². The number of amides is 1. The lowest BCUT2D eigenvalue weighted by atomic mass is 9.88. The van der Waals surface area contributed by atoms with Crippen molar-refractivity contribution in [2.24, 2.45) is 11.1 Å². The molecule has 0 bridgehead atoms. The molecule has 0 aliphatic rings. The molecule has 0 unspecified atom stereocenters. The van der Waals surface area contributed by atoms with Gasteiger partial charge in [-0.25, -0.2) is 0 Å². The molecule has 0 aromatic heterocycles. The Balaban J connectivity index is 3.26. The van der Waals surface area contributed by atoms with E-state index in [4.69, 9.17) is 19.9 Å². The van der Waals surface area contributed by atoms with E-state index < -0.39 is 0 Å². The fourth-order valence-corrected chi connectivity index (χ4v) is 2.30. The lowest BCUT2D eigenvalue weighted by Gasteiger charge is -2.16. The van der Waals surface area contributed by atoms with E-state index in [0.717, 1.165) is 32.3 Å². The maximum Gasteiger partial charge on any atom is 0.220 e. The van der Waals surface area contributed by atoms with Crippen molar-refractivity contribution in [1.82, 2.24) is 5.32 Å². The highest BCUT2D eigenvalue weighted by molar-refractivity contribution is 5.84. The number of ether oxygens (including phenoxy) is 3. The molecule has 7 heteroatoms. The zero-order chi connectivity index (χ0) is 21.1. The van der Waals surface area contributed by atoms with Crippen LogP contribution in [0, 0.1) is 5.41 Å². The Morgan fingerprint density at radius 1 is 0.750 bits per heavy atom. The summed E-state index contributed by atoms with van der Waals surface area (Å²) in [6.45, 7) is 11.0. The molecule has 1 amide bonds. The van der Waals surface area contributed by atoms with E-state index in [1.54, 1.807) is 0 Å². The summed E-state index contributed by atoms with van der Waals surface area (Å²) in [4.78, 5) is 23.5. The molecule has 0 aliphatic heterocycles. The number of carbonyl (C=O) groups is 2. The highest BCUT2D eigenvalue weighted by atomic mass is 16.5. The van der Waals surface area contributed by atoms with Gasteiger partial charge in [-0.1, -0.05) is 20.8 Å². The van der Waals surface area contributed by atoms with Crippen LogP contribution in [0.5, 0.6) is 0 Å². The fraction of sp³-hybridized carbons (Fsp3) is 0.905. The monoisotopic (exact) mass is 402 g/mol. The highest BCUT2D eigenvalue weighted by Gasteiger charge is 2.20. The van der Waals surface area contributed by atoms with Gasteiger partial charge in [0.2, 0.25) is 5.91 Å². The normalized spacial score (nSPS) is 11.6. The molecule has 0 heterocycles. The quantitative estimate of drug-likeness (QED) is 0.322. The van der Waals surface area contributed by atoms with E-state index in [9.17, 15) is 9.59 Å². The fourth-order valence-electron chi connectivity index (χ4n) is 2.30. The van der Waals surface area contributed by atoms with Crippen LogP contribution in [0.15, 0.2) is 0 Å². The van der Waals surface area contributed by atoms with E-state index in [0.29, 0.717) is 65.4 Å². The van der Waals surface area contributed by atoms with E-state index >= 15 is 0 Å². The molecule has 0 saturated carbocycles. The van der Waals surface area contributed by atoms with Crippen molar-refractivity contribution in [2.45, 2.75) is 65.7 Å². The lowest BCUT2D eigenvalue weighted by molar-refractivity contribution is -0.126. The van der Waals surface area contributed by atoms with Gasteiger partial charge in [-0.05, 0) is 38.6 Å². The number of unbranched alkanes of at least 4 members (excludes halogenated alkanes) is 1. The summed E-state index contributed by atoms with van der Waals surface area (Å²) >= 11 is 0. The average molecular weight is 403 g/mol. The number of nitrogens with one attached hydrogen (secondary N) is 1. The van der Waals surface area contributed by atoms with Crippen molar-refractivity contribution in [3.63, 3.8) is 0 Å². The van der Waals surface area contributed by atoms with Gasteiger partial charge in [0.25, 0.3) is 0 Å². The molecule has 0 aromatic rings. The summed E-state index contributed by atoms with van der Waals surface area (Å²) in [6.07, 6.45) is 5.06. The predicted octanol–water partition coefficient (Wildman–Crippen LogP) is 2.46. The highest BCUT2D eigenvalue weighted by Crippen LogP contribution is 2.18. The number of Topliss-reactive ketones (excluding diaryl/α,β-unsaturated/α-hetero) is 1. The topological polar surface area (TPSA) is 99.9 Å². The van der Waals surface area contributed by atoms with Gasteiger partial charge in [-0.3, -0.25) is 9.59 Å². The first-order chi connectivity index (χ1) is 13.4. The standard InChI is InChI=1S/C21H42N2O5/c1-21(2,3)19(24)9-6-10-20(25)23-12-4-5-13-27-17-18-28-16-8-15-26-14-7-11-22/h4-18,22H2,1-3H3,(H,23,25). The van der Waals surface area contributed by atoms with Crippen molar-refractivity contribution in [1.29, 1.82) is 0 Å². The minimum atomic E-state index is -0.319. The van der Waals surface area contributed by atoms with Crippen LogP contribution < -0.4 is 11.1 Å². The molecule has 0 rings (SSSR count). The summed E-state index contributed by atoms with van der Waals surface area (Å²) in [6, 6.07) is 0. The molecule has 0 spiro atoms. The Hall–Kier alpha value is -1.02. The minimum Gasteiger partial charge on any atom is -0.381 e. The summed E-state index contributed by atoms with van der Waals surface area (Å²) in [5, 5.41) is 2.89. The summed E-state index contributed by atoms with van der Waals surface area (Å²) < 4.78 is 16.3. The molecule has 0 saturated heterocycles. The van der Waals surface area contributed by atoms with Gasteiger partial charge in [-0.2, -0.15) is 0 Å². The SMILES string of the molecule is CC(C)(C)C(=O)CCCC(=O)NCCCCOCCOCCCOCCCN. The zero-order valence-electron chi connectivity index (χ0n) is 18.2. The summed E-state index contributed by atoms with van der Waals surface area (Å²) in [7, 11) is 0.